The molecule has 0 heterocycles. The molecule has 1 aromatic rings. The van der Waals surface area contributed by atoms with Crippen molar-refractivity contribution in [2.24, 2.45) is 0 Å². The number of nitrogens with one attached hydrogen (secondary N) is 1. The molecule has 0 saturated heterocycles. The number of aryl methyl sites for hydroxylation is 2. The first-order chi connectivity index (χ1) is 8.66. The second kappa shape index (κ2) is 6.24. The zero-order chi connectivity index (χ0) is 14.8. The monoisotopic (exact) mass is 301 g/mol. The zero-order valence-corrected chi connectivity index (χ0v) is 14.5. The van der Waals surface area contributed by atoms with Gasteiger partial charge in [-0.2, -0.15) is 0 Å². The van der Waals surface area contributed by atoms with E-state index in [0.717, 1.165) is 23.2 Å². The fourth-order valence-electron chi connectivity index (χ4n) is 2.51. The molecule has 0 aromatic heterocycles. The van der Waals surface area contributed by atoms with Gasteiger partial charge < -0.3 is 0 Å². The van der Waals surface area contributed by atoms with E-state index in [2.05, 4.69) is 32.2 Å². The van der Waals surface area contributed by atoms with Crippen molar-refractivity contribution in [2.75, 3.05) is 25.3 Å². The fraction of sp³-hybridized carbons (Fsp3) is 0.533. The topological polar surface area (TPSA) is 29.1 Å². The van der Waals surface area contributed by atoms with Crippen LogP contribution in [-0.4, -0.2) is 31.6 Å². The Hall–Kier alpha value is -0.590. The molecule has 1 rings (SSSR count). The quantitative estimate of drug-likeness (QED) is 0.825. The summed E-state index contributed by atoms with van der Waals surface area (Å²) >= 11 is 6.02. The molecule has 0 bridgehead atoms. The first-order valence-corrected chi connectivity index (χ1v) is 10.7. The Labute approximate surface area is 122 Å². The molecule has 4 heteroatoms. The van der Waals surface area contributed by atoms with Gasteiger partial charge >= 0.3 is 122 Å². The molecule has 1 amide bonds. The first-order valence-electron chi connectivity index (χ1n) is 6.74. The average molecular weight is 302 g/mol. The van der Waals surface area contributed by atoms with Gasteiger partial charge in [-0.1, -0.05) is 0 Å². The molecule has 108 valence electrons. The molecule has 0 spiro atoms. The summed E-state index contributed by atoms with van der Waals surface area (Å²) in [5.74, 6) is 0.148. The number of hydrogen-bond acceptors (Lipinski definition) is 1. The Morgan fingerprint density at radius 3 is 2.11 bits per heavy atom. The summed E-state index contributed by atoms with van der Waals surface area (Å²) in [5.41, 5.74) is 3.08. The maximum absolute atomic E-state index is 12.5. The van der Waals surface area contributed by atoms with Crippen LogP contribution in [0.1, 0.15) is 24.5 Å². The average Bonchev–Trinajstić information content (AvgIpc) is 2.22. The van der Waals surface area contributed by atoms with Crippen molar-refractivity contribution in [3.05, 3.63) is 28.3 Å². The van der Waals surface area contributed by atoms with E-state index in [1.54, 1.807) is 0 Å². The SMILES string of the molecule is CCC(C(=O)Nc1c(C)cc(Cl)cc1C)[PH](C)(C)C. The van der Waals surface area contributed by atoms with Gasteiger partial charge in [0, 0.05) is 0 Å². The number of carbonyl (C=O) groups is 1. The van der Waals surface area contributed by atoms with Crippen LogP contribution in [0.3, 0.4) is 0 Å². The standard InChI is InChI=1S/C15H25ClNOP/c1-7-13(19(4,5)6)15(18)17-14-10(2)8-12(16)9-11(14)3/h8-9,13,19H,7H2,1-6H3,(H,17,18). The summed E-state index contributed by atoms with van der Waals surface area (Å²) in [6.45, 7) is 12.8. The summed E-state index contributed by atoms with van der Waals surface area (Å²) in [5, 5.41) is 3.81. The molecule has 0 aliphatic rings. The Balaban J connectivity index is 3.00. The number of halogens is 1. The van der Waals surface area contributed by atoms with Crippen LogP contribution < -0.4 is 5.32 Å². The molecular weight excluding hydrogens is 277 g/mol. The van der Waals surface area contributed by atoms with Crippen molar-refractivity contribution in [2.45, 2.75) is 32.9 Å². The molecule has 2 nitrogen and oxygen atoms in total. The predicted molar refractivity (Wildman–Crippen MR) is 89.7 cm³/mol. The van der Waals surface area contributed by atoms with Crippen molar-refractivity contribution >= 4 is 30.5 Å². The minimum atomic E-state index is -1.49. The summed E-state index contributed by atoms with van der Waals surface area (Å²) in [7, 11) is -1.49. The maximum atomic E-state index is 12.5. The van der Waals surface area contributed by atoms with Crippen LogP contribution in [0, 0.1) is 13.8 Å². The van der Waals surface area contributed by atoms with Gasteiger partial charge in [0.1, 0.15) is 0 Å². The number of amides is 1. The van der Waals surface area contributed by atoms with E-state index in [1.165, 1.54) is 0 Å². The van der Waals surface area contributed by atoms with E-state index in [1.807, 2.05) is 26.0 Å². The van der Waals surface area contributed by atoms with Crippen molar-refractivity contribution in [3.63, 3.8) is 0 Å². The Morgan fingerprint density at radius 1 is 1.26 bits per heavy atom. The van der Waals surface area contributed by atoms with Gasteiger partial charge in [0.05, 0.1) is 0 Å². The Bertz CT molecular complexity index is 457. The second-order valence-electron chi connectivity index (χ2n) is 6.23. The van der Waals surface area contributed by atoms with Crippen LogP contribution in [0.4, 0.5) is 5.69 Å². The van der Waals surface area contributed by atoms with Crippen LogP contribution in [0.5, 0.6) is 0 Å². The molecule has 1 aromatic carbocycles. The van der Waals surface area contributed by atoms with Gasteiger partial charge in [0.2, 0.25) is 0 Å². The molecule has 0 aliphatic heterocycles. The van der Waals surface area contributed by atoms with Crippen LogP contribution >= 0.6 is 18.9 Å². The molecule has 0 radical (unpaired) electrons. The molecule has 0 aliphatic carbocycles. The summed E-state index contributed by atoms with van der Waals surface area (Å²) in [6.07, 6.45) is 0.896. The third kappa shape index (κ3) is 4.19. The molecular formula is C15H25ClNOP. The number of anilines is 1. The third-order valence-electron chi connectivity index (χ3n) is 3.52. The minimum absolute atomic E-state index is 0.141. The van der Waals surface area contributed by atoms with E-state index >= 15 is 0 Å². The zero-order valence-electron chi connectivity index (χ0n) is 12.7. The summed E-state index contributed by atoms with van der Waals surface area (Å²) in [4.78, 5) is 12.5. The molecule has 0 saturated carbocycles. The fourth-order valence-corrected chi connectivity index (χ4v) is 4.92. The third-order valence-corrected chi connectivity index (χ3v) is 6.50. The van der Waals surface area contributed by atoms with E-state index in [0.29, 0.717) is 5.02 Å². The predicted octanol–water partition coefficient (Wildman–Crippen LogP) is 4.31. The van der Waals surface area contributed by atoms with Gasteiger partial charge in [-0.05, 0) is 0 Å². The van der Waals surface area contributed by atoms with Gasteiger partial charge in [-0.15, -0.1) is 0 Å². The normalized spacial score (nSPS) is 14.1. The summed E-state index contributed by atoms with van der Waals surface area (Å²) in [6, 6.07) is 3.78. The van der Waals surface area contributed by atoms with Crippen molar-refractivity contribution in [1.82, 2.24) is 0 Å². The Kier molecular flexibility index (Phi) is 5.41. The van der Waals surface area contributed by atoms with Crippen molar-refractivity contribution < 1.29 is 4.79 Å². The molecule has 1 N–H and O–H groups in total. The molecule has 0 fully saturated rings. The van der Waals surface area contributed by atoms with Crippen LogP contribution in [0.25, 0.3) is 0 Å². The van der Waals surface area contributed by atoms with Gasteiger partial charge in [-0.3, -0.25) is 0 Å². The van der Waals surface area contributed by atoms with Crippen LogP contribution in [-0.2, 0) is 4.79 Å². The second-order valence-corrected chi connectivity index (χ2v) is 12.1. The first kappa shape index (κ1) is 16.5. The van der Waals surface area contributed by atoms with E-state index in [9.17, 15) is 4.79 Å². The van der Waals surface area contributed by atoms with Gasteiger partial charge in [0.25, 0.3) is 0 Å². The van der Waals surface area contributed by atoms with E-state index in [4.69, 9.17) is 11.6 Å². The van der Waals surface area contributed by atoms with E-state index in [-0.39, 0.29) is 11.6 Å². The van der Waals surface area contributed by atoms with Crippen molar-refractivity contribution in [1.29, 1.82) is 0 Å². The van der Waals surface area contributed by atoms with Crippen LogP contribution in [0.15, 0.2) is 12.1 Å². The molecule has 1 atom stereocenters. The number of benzene rings is 1. The number of hydrogen-bond donors (Lipinski definition) is 1. The number of carbonyl (C=O) groups excluding carboxylic acids is 1. The molecule has 19 heavy (non-hydrogen) atoms. The summed E-state index contributed by atoms with van der Waals surface area (Å²) < 4.78 is 0. The van der Waals surface area contributed by atoms with Crippen molar-refractivity contribution in [3.8, 4) is 0 Å². The molecule has 1 unspecified atom stereocenters. The Morgan fingerprint density at radius 2 is 1.74 bits per heavy atom. The van der Waals surface area contributed by atoms with E-state index < -0.39 is 7.26 Å². The van der Waals surface area contributed by atoms with Gasteiger partial charge in [-0.25, -0.2) is 0 Å². The van der Waals surface area contributed by atoms with Crippen LogP contribution in [0.2, 0.25) is 5.02 Å². The van der Waals surface area contributed by atoms with Gasteiger partial charge in [0.15, 0.2) is 0 Å². The number of rotatable bonds is 4.